The van der Waals surface area contributed by atoms with Crippen LogP contribution in [0.1, 0.15) is 25.3 Å². The molecule has 2 amide bonds. The summed E-state index contributed by atoms with van der Waals surface area (Å²) < 4.78 is 10.6. The molecule has 0 radical (unpaired) electrons. The number of anilines is 1. The van der Waals surface area contributed by atoms with Gasteiger partial charge in [-0.25, -0.2) is 5.43 Å². The Labute approximate surface area is 158 Å². The second-order valence-corrected chi connectivity index (χ2v) is 5.65. The first-order valence-electron chi connectivity index (χ1n) is 8.63. The Hall–Kier alpha value is -3.35. The van der Waals surface area contributed by atoms with E-state index in [9.17, 15) is 9.59 Å². The third kappa shape index (κ3) is 6.81. The summed E-state index contributed by atoms with van der Waals surface area (Å²) in [6.45, 7) is 2.79. The lowest BCUT2D eigenvalue weighted by atomic mass is 10.2. The Morgan fingerprint density at radius 1 is 1.00 bits per heavy atom. The molecule has 0 fully saturated rings. The number of carbonyl (C=O) groups excluding carboxylic acids is 2. The summed E-state index contributed by atoms with van der Waals surface area (Å²) in [5, 5.41) is 6.27. The molecule has 0 saturated carbocycles. The number of hydrogen-bond acceptors (Lipinski definition) is 5. The van der Waals surface area contributed by atoms with Gasteiger partial charge in [0.1, 0.15) is 11.5 Å². The van der Waals surface area contributed by atoms with Gasteiger partial charge in [-0.05, 0) is 60.5 Å². The van der Waals surface area contributed by atoms with Crippen LogP contribution in [0, 0.1) is 0 Å². The highest BCUT2D eigenvalue weighted by atomic mass is 16.5. The maximum Gasteiger partial charge on any atom is 0.329 e. The van der Waals surface area contributed by atoms with Crippen LogP contribution in [0.2, 0.25) is 0 Å². The Bertz CT molecular complexity index is 771. The molecule has 2 N–H and O–H groups in total. The summed E-state index contributed by atoms with van der Waals surface area (Å²) in [5.74, 6) is -0.231. The SMILES string of the molecule is CCCCOc1ccc(/C=N\NC(=O)C(=O)Nc2ccc(OC)cc2)cc1. The average molecular weight is 369 g/mol. The van der Waals surface area contributed by atoms with E-state index in [-0.39, 0.29) is 0 Å². The van der Waals surface area contributed by atoms with Crippen LogP contribution in [-0.4, -0.2) is 31.7 Å². The maximum absolute atomic E-state index is 11.8. The number of ether oxygens (including phenoxy) is 2. The molecular weight excluding hydrogens is 346 g/mol. The summed E-state index contributed by atoms with van der Waals surface area (Å²) >= 11 is 0. The maximum atomic E-state index is 11.8. The first-order valence-corrected chi connectivity index (χ1v) is 8.63. The second kappa shape index (κ2) is 10.6. The Morgan fingerprint density at radius 2 is 1.67 bits per heavy atom. The van der Waals surface area contributed by atoms with Gasteiger partial charge in [-0.2, -0.15) is 5.10 Å². The summed E-state index contributed by atoms with van der Waals surface area (Å²) in [7, 11) is 1.55. The van der Waals surface area contributed by atoms with E-state index in [1.807, 2.05) is 24.3 Å². The second-order valence-electron chi connectivity index (χ2n) is 5.65. The zero-order valence-electron chi connectivity index (χ0n) is 15.4. The number of hydrazone groups is 1. The molecule has 0 aliphatic carbocycles. The molecule has 2 aromatic carbocycles. The molecule has 0 heterocycles. The summed E-state index contributed by atoms with van der Waals surface area (Å²) in [6.07, 6.45) is 3.54. The van der Waals surface area contributed by atoms with Crippen molar-refractivity contribution >= 4 is 23.7 Å². The molecule has 27 heavy (non-hydrogen) atoms. The number of nitrogens with one attached hydrogen (secondary N) is 2. The number of rotatable bonds is 8. The van der Waals surface area contributed by atoms with Gasteiger partial charge in [-0.15, -0.1) is 0 Å². The molecule has 0 bridgehead atoms. The van der Waals surface area contributed by atoms with Gasteiger partial charge in [-0.1, -0.05) is 13.3 Å². The monoisotopic (exact) mass is 369 g/mol. The van der Waals surface area contributed by atoms with Gasteiger partial charge in [0.15, 0.2) is 0 Å². The number of hydrogen-bond donors (Lipinski definition) is 2. The fraction of sp³-hybridized carbons (Fsp3) is 0.250. The largest absolute Gasteiger partial charge is 0.497 e. The number of methoxy groups -OCH3 is 1. The van der Waals surface area contributed by atoms with Crippen molar-refractivity contribution in [3.05, 3.63) is 54.1 Å². The van der Waals surface area contributed by atoms with Gasteiger partial charge in [0, 0.05) is 5.69 Å². The van der Waals surface area contributed by atoms with Crippen LogP contribution < -0.4 is 20.2 Å². The zero-order chi connectivity index (χ0) is 19.5. The molecule has 142 valence electrons. The number of amides is 2. The zero-order valence-corrected chi connectivity index (χ0v) is 15.4. The van der Waals surface area contributed by atoms with Gasteiger partial charge >= 0.3 is 11.8 Å². The first kappa shape index (κ1) is 20.0. The van der Waals surface area contributed by atoms with E-state index in [1.54, 1.807) is 31.4 Å². The number of carbonyl (C=O) groups is 2. The van der Waals surface area contributed by atoms with E-state index in [1.165, 1.54) is 6.21 Å². The van der Waals surface area contributed by atoms with Crippen molar-refractivity contribution in [2.24, 2.45) is 5.10 Å². The van der Waals surface area contributed by atoms with E-state index in [4.69, 9.17) is 9.47 Å². The molecule has 0 aliphatic heterocycles. The Kier molecular flexibility index (Phi) is 7.84. The van der Waals surface area contributed by atoms with Crippen LogP contribution in [-0.2, 0) is 9.59 Å². The van der Waals surface area contributed by atoms with E-state index in [0.29, 0.717) is 18.0 Å². The molecule has 2 rings (SSSR count). The van der Waals surface area contributed by atoms with Crippen LogP contribution in [0.3, 0.4) is 0 Å². The minimum atomic E-state index is -0.860. The number of nitrogens with zero attached hydrogens (tertiary/aromatic N) is 1. The van der Waals surface area contributed by atoms with Crippen molar-refractivity contribution in [2.75, 3.05) is 19.0 Å². The van der Waals surface area contributed by atoms with Gasteiger partial charge < -0.3 is 14.8 Å². The van der Waals surface area contributed by atoms with Crippen LogP contribution >= 0.6 is 0 Å². The predicted octanol–water partition coefficient (Wildman–Crippen LogP) is 2.96. The normalized spacial score (nSPS) is 10.4. The summed E-state index contributed by atoms with van der Waals surface area (Å²) in [4.78, 5) is 23.6. The highest BCUT2D eigenvalue weighted by molar-refractivity contribution is 6.39. The van der Waals surface area contributed by atoms with Crippen molar-refractivity contribution in [3.63, 3.8) is 0 Å². The fourth-order valence-electron chi connectivity index (χ4n) is 2.06. The molecule has 7 nitrogen and oxygen atoms in total. The van der Waals surface area contributed by atoms with Crippen LogP contribution in [0.25, 0.3) is 0 Å². The minimum Gasteiger partial charge on any atom is -0.497 e. The Balaban J connectivity index is 1.80. The first-order chi connectivity index (χ1) is 13.1. The van der Waals surface area contributed by atoms with Crippen molar-refractivity contribution in [1.82, 2.24) is 5.43 Å². The van der Waals surface area contributed by atoms with Gasteiger partial charge in [0.2, 0.25) is 0 Å². The van der Waals surface area contributed by atoms with Gasteiger partial charge in [0.25, 0.3) is 0 Å². The molecule has 0 aromatic heterocycles. The summed E-state index contributed by atoms with van der Waals surface area (Å²) in [5.41, 5.74) is 3.45. The molecule has 0 aliphatic rings. The quantitative estimate of drug-likeness (QED) is 0.324. The van der Waals surface area contributed by atoms with Crippen molar-refractivity contribution in [3.8, 4) is 11.5 Å². The topological polar surface area (TPSA) is 89.0 Å². The van der Waals surface area contributed by atoms with Crippen LogP contribution in [0.5, 0.6) is 11.5 Å². The molecule has 0 saturated heterocycles. The van der Waals surface area contributed by atoms with Crippen LogP contribution in [0.4, 0.5) is 5.69 Å². The number of benzene rings is 2. The standard InChI is InChI=1S/C20H23N3O4/c1-3-4-13-27-18-9-5-15(6-10-18)14-21-23-20(25)19(24)22-16-7-11-17(26-2)12-8-16/h5-12,14H,3-4,13H2,1-2H3,(H,22,24)(H,23,25)/b21-14-. The van der Waals surface area contributed by atoms with E-state index >= 15 is 0 Å². The highest BCUT2D eigenvalue weighted by Crippen LogP contribution is 2.15. The van der Waals surface area contributed by atoms with Crippen molar-refractivity contribution in [2.45, 2.75) is 19.8 Å². The highest BCUT2D eigenvalue weighted by Gasteiger charge is 2.12. The molecular formula is C20H23N3O4. The third-order valence-corrected chi connectivity index (χ3v) is 3.58. The molecule has 7 heteroatoms. The number of unbranched alkanes of at least 4 members (excludes halogenated alkanes) is 1. The summed E-state index contributed by atoms with van der Waals surface area (Å²) in [6, 6.07) is 13.9. The Morgan fingerprint density at radius 3 is 2.30 bits per heavy atom. The lowest BCUT2D eigenvalue weighted by Gasteiger charge is -2.05. The minimum absolute atomic E-state index is 0.485. The van der Waals surface area contributed by atoms with Gasteiger partial charge in [-0.3, -0.25) is 9.59 Å². The van der Waals surface area contributed by atoms with Crippen molar-refractivity contribution in [1.29, 1.82) is 0 Å². The molecule has 0 atom stereocenters. The van der Waals surface area contributed by atoms with E-state index in [0.717, 1.165) is 24.2 Å². The third-order valence-electron chi connectivity index (χ3n) is 3.58. The lowest BCUT2D eigenvalue weighted by molar-refractivity contribution is -0.136. The van der Waals surface area contributed by atoms with Crippen molar-refractivity contribution < 1.29 is 19.1 Å². The average Bonchev–Trinajstić information content (AvgIpc) is 2.70. The molecule has 0 unspecified atom stereocenters. The molecule has 0 spiro atoms. The fourth-order valence-corrected chi connectivity index (χ4v) is 2.06. The molecule has 2 aromatic rings. The van der Waals surface area contributed by atoms with E-state index < -0.39 is 11.8 Å². The van der Waals surface area contributed by atoms with E-state index in [2.05, 4.69) is 22.8 Å². The van der Waals surface area contributed by atoms with Crippen LogP contribution in [0.15, 0.2) is 53.6 Å². The van der Waals surface area contributed by atoms with Gasteiger partial charge in [0.05, 0.1) is 19.9 Å². The predicted molar refractivity (Wildman–Crippen MR) is 104 cm³/mol. The lowest BCUT2D eigenvalue weighted by Crippen LogP contribution is -2.32. The smallest absolute Gasteiger partial charge is 0.329 e.